The van der Waals surface area contributed by atoms with Crippen molar-refractivity contribution in [1.29, 1.82) is 0 Å². The molecule has 5 nitrogen and oxygen atoms in total. The van der Waals surface area contributed by atoms with Crippen molar-refractivity contribution in [2.45, 2.75) is 76.9 Å². The van der Waals surface area contributed by atoms with Crippen LogP contribution in [0.25, 0.3) is 27.6 Å². The second-order valence-corrected chi connectivity index (χ2v) is 13.4. The van der Waals surface area contributed by atoms with Crippen LogP contribution in [0.3, 0.4) is 0 Å². The van der Waals surface area contributed by atoms with E-state index >= 15 is 0 Å². The van der Waals surface area contributed by atoms with E-state index in [2.05, 4.69) is 41.0 Å². The largest absolute Gasteiger partial charge is 0.509 e. The fourth-order valence-electron chi connectivity index (χ4n) is 7.98. The molecular formula is C43H41N4OPt-3. The van der Waals surface area contributed by atoms with Gasteiger partial charge in [0, 0.05) is 68.0 Å². The Kier molecular flexibility index (Phi) is 6.19. The van der Waals surface area contributed by atoms with Gasteiger partial charge in [-0.25, -0.2) is 4.98 Å². The van der Waals surface area contributed by atoms with Gasteiger partial charge in [0.15, 0.2) is 0 Å². The van der Waals surface area contributed by atoms with Gasteiger partial charge >= 0.3 is 0 Å². The number of aryl methyl sites for hydroxylation is 2. The van der Waals surface area contributed by atoms with Gasteiger partial charge in [-0.05, 0) is 111 Å². The molecule has 49 heavy (non-hydrogen) atoms. The number of hydrogen-bond acceptors (Lipinski definition) is 4. The van der Waals surface area contributed by atoms with E-state index in [1.165, 1.54) is 50.0 Å². The van der Waals surface area contributed by atoms with Crippen LogP contribution in [0, 0.1) is 32.5 Å². The number of hydrogen-bond donors (Lipinski definition) is 0. The van der Waals surface area contributed by atoms with Gasteiger partial charge in [0.05, 0.1) is 0 Å². The second-order valence-electron chi connectivity index (χ2n) is 13.4. The summed E-state index contributed by atoms with van der Waals surface area (Å²) in [5.74, 6) is 2.40. The number of nitrogens with zero attached hydrogens (tertiary/aromatic N) is 4. The molecule has 0 unspecified atom stereocenters. The Bertz CT molecular complexity index is 2500. The minimum atomic E-state index is -2.79. The van der Waals surface area contributed by atoms with Gasteiger partial charge in [-0.2, -0.15) is 12.7 Å². The van der Waals surface area contributed by atoms with E-state index in [-0.39, 0.29) is 43.9 Å². The number of anilines is 3. The summed E-state index contributed by atoms with van der Waals surface area (Å²) in [5, 5.41) is 2.07. The van der Waals surface area contributed by atoms with Gasteiger partial charge in [-0.15, -0.1) is 47.0 Å². The molecule has 0 saturated heterocycles. The van der Waals surface area contributed by atoms with Crippen LogP contribution >= 0.6 is 0 Å². The summed E-state index contributed by atoms with van der Waals surface area (Å²) in [4.78, 5) is 7.41. The van der Waals surface area contributed by atoms with Crippen molar-refractivity contribution in [3.05, 3.63) is 120 Å². The average Bonchev–Trinajstić information content (AvgIpc) is 3.99. The standard InChI is InChI=1S/C43H41N4O.Pt/c1-28-20-41-42(21-29(28)2)46(27-45(41)3)34-22-33(31-12-6-7-13-31)23-36(25-34)48-35-16-17-38-37-14-8-9-15-39(37)47(40(38)26-35)43-24-32(18-19-44-43)30-10-4-5-11-30;/h8-9,14-24,27,30-31H,4-7,10-13H2,1-3H3;/q-3;/i1D3,2D3,3D3;. The molecule has 2 fully saturated rings. The zero-order valence-electron chi connectivity index (χ0n) is 35.9. The summed E-state index contributed by atoms with van der Waals surface area (Å²) in [5.41, 5.74) is 4.04. The molecule has 3 heterocycles. The van der Waals surface area contributed by atoms with Crippen LogP contribution in [0.2, 0.25) is 0 Å². The number of pyridine rings is 1. The molecule has 6 heteroatoms. The fourth-order valence-corrected chi connectivity index (χ4v) is 7.98. The first-order valence-electron chi connectivity index (χ1n) is 21.4. The van der Waals surface area contributed by atoms with E-state index in [1.54, 1.807) is 4.90 Å². The van der Waals surface area contributed by atoms with Crippen molar-refractivity contribution in [3.8, 4) is 17.3 Å². The molecule has 2 aromatic heterocycles. The molecule has 1 aliphatic heterocycles. The van der Waals surface area contributed by atoms with E-state index < -0.39 is 26.2 Å². The maximum absolute atomic E-state index is 8.33. The molecule has 9 rings (SSSR count). The van der Waals surface area contributed by atoms with Gasteiger partial charge in [0.2, 0.25) is 0 Å². The van der Waals surface area contributed by atoms with Gasteiger partial charge in [-0.3, -0.25) is 0 Å². The minimum Gasteiger partial charge on any atom is -0.509 e. The van der Waals surface area contributed by atoms with E-state index in [0.717, 1.165) is 63.8 Å². The van der Waals surface area contributed by atoms with Gasteiger partial charge in [0.25, 0.3) is 0 Å². The van der Waals surface area contributed by atoms with Crippen LogP contribution < -0.4 is 14.5 Å². The Morgan fingerprint density at radius 3 is 2.31 bits per heavy atom. The predicted molar refractivity (Wildman–Crippen MR) is 196 cm³/mol. The third kappa shape index (κ3) is 5.74. The topological polar surface area (TPSA) is 33.5 Å². The quantitative estimate of drug-likeness (QED) is 0.157. The summed E-state index contributed by atoms with van der Waals surface area (Å²) in [6, 6.07) is 29.7. The van der Waals surface area contributed by atoms with E-state index in [0.29, 0.717) is 23.1 Å². The number of benzene rings is 4. The second kappa shape index (κ2) is 13.0. The van der Waals surface area contributed by atoms with Crippen LogP contribution in [-0.2, 0) is 21.1 Å². The number of para-hydroxylation sites is 1. The first-order chi connectivity index (χ1) is 27.1. The zero-order chi connectivity index (χ0) is 39.9. The number of ether oxygens (including phenoxy) is 1. The summed E-state index contributed by atoms with van der Waals surface area (Å²) in [6.45, 7) is -6.90. The van der Waals surface area contributed by atoms with Crippen molar-refractivity contribution in [2.24, 2.45) is 0 Å². The summed E-state index contributed by atoms with van der Waals surface area (Å²) in [7, 11) is 0. The molecule has 2 aliphatic carbocycles. The summed E-state index contributed by atoms with van der Waals surface area (Å²) < 4.78 is 82.7. The molecule has 6 aromatic rings. The number of rotatable bonds is 6. The maximum Gasteiger partial charge on any atom is 0.135 e. The molecule has 3 aliphatic rings. The monoisotopic (exact) mass is 833 g/mol. The molecule has 252 valence electrons. The first-order valence-corrected chi connectivity index (χ1v) is 16.9. The Balaban J connectivity index is 0.00000469. The van der Waals surface area contributed by atoms with E-state index in [1.807, 2.05) is 42.6 Å². The molecule has 0 N–H and O–H groups in total. The number of fused-ring (bicyclic) bond motifs is 4. The van der Waals surface area contributed by atoms with Crippen molar-refractivity contribution in [3.63, 3.8) is 0 Å². The third-order valence-corrected chi connectivity index (χ3v) is 10.4. The molecule has 0 radical (unpaired) electrons. The molecule has 2 saturated carbocycles. The van der Waals surface area contributed by atoms with E-state index in [9.17, 15) is 0 Å². The van der Waals surface area contributed by atoms with Crippen LogP contribution in [-0.4, -0.2) is 16.5 Å². The molecule has 0 amide bonds. The van der Waals surface area contributed by atoms with Gasteiger partial charge < -0.3 is 19.1 Å². The van der Waals surface area contributed by atoms with Crippen molar-refractivity contribution >= 4 is 38.9 Å². The smallest absolute Gasteiger partial charge is 0.135 e. The Hall–Kier alpha value is -4.08. The zero-order valence-corrected chi connectivity index (χ0v) is 29.2. The van der Waals surface area contributed by atoms with Crippen molar-refractivity contribution in [2.75, 3.05) is 16.8 Å². The molecule has 0 atom stereocenters. The summed E-state index contributed by atoms with van der Waals surface area (Å²) in [6.07, 6.45) is 10.8. The molecule has 0 bridgehead atoms. The van der Waals surface area contributed by atoms with Crippen molar-refractivity contribution in [1.82, 2.24) is 9.55 Å². The molecule has 0 spiro atoms. The van der Waals surface area contributed by atoms with Gasteiger partial charge in [0.1, 0.15) is 5.82 Å². The maximum atomic E-state index is 8.33. The van der Waals surface area contributed by atoms with Gasteiger partial charge in [-0.1, -0.05) is 49.4 Å². The first kappa shape index (κ1) is 23.3. The third-order valence-electron chi connectivity index (χ3n) is 10.4. The molecule has 4 aromatic carbocycles. The Morgan fingerprint density at radius 2 is 1.53 bits per heavy atom. The average molecular weight is 834 g/mol. The molecular weight excluding hydrogens is 784 g/mol. The predicted octanol–water partition coefficient (Wildman–Crippen LogP) is 11.2. The fraction of sp³-hybridized carbons (Fsp3) is 0.302. The van der Waals surface area contributed by atoms with E-state index in [4.69, 9.17) is 22.1 Å². The Labute approximate surface area is 316 Å². The van der Waals surface area contributed by atoms with Crippen LogP contribution in [0.4, 0.5) is 17.1 Å². The summed E-state index contributed by atoms with van der Waals surface area (Å²) >= 11 is 0. The van der Waals surface area contributed by atoms with Crippen molar-refractivity contribution < 1.29 is 38.1 Å². The normalized spacial score (nSPS) is 20.0. The Morgan fingerprint density at radius 1 is 0.776 bits per heavy atom. The SMILES string of the molecule is [2H]C([2H])([2H])c1cc2c(cc1C([2H])([2H])[2H])N(C([2H])([2H])[2H])[CH-]N2c1[c-]c(Oc2[c-]c3c(cc2)c2ccccc2n3-c2cc(C3CCCC3)ccn2)cc(C2CCCC2)c1.[Pt]. The van der Waals surface area contributed by atoms with Crippen LogP contribution in [0.1, 0.15) is 97.8 Å². The number of aromatic nitrogens is 2. The minimum absolute atomic E-state index is 0. The van der Waals surface area contributed by atoms with Crippen LogP contribution in [0.5, 0.6) is 11.5 Å². The van der Waals surface area contributed by atoms with Crippen LogP contribution in [0.15, 0.2) is 79.0 Å².